The van der Waals surface area contributed by atoms with Crippen LogP contribution in [-0.2, 0) is 6.54 Å². The first kappa shape index (κ1) is 18.7. The van der Waals surface area contributed by atoms with Gasteiger partial charge in [-0.1, -0.05) is 56.0 Å². The molecule has 4 nitrogen and oxygen atoms in total. The summed E-state index contributed by atoms with van der Waals surface area (Å²) in [5.74, 6) is 1.79. The van der Waals surface area contributed by atoms with Crippen LogP contribution in [0, 0.1) is 6.92 Å². The van der Waals surface area contributed by atoms with E-state index in [1.807, 2.05) is 0 Å². The Kier molecular flexibility index (Phi) is 6.48. The van der Waals surface area contributed by atoms with Crippen LogP contribution in [0.3, 0.4) is 0 Å². The Morgan fingerprint density at radius 3 is 2.38 bits per heavy atom. The molecule has 0 amide bonds. The van der Waals surface area contributed by atoms with Crippen molar-refractivity contribution in [3.05, 3.63) is 47.7 Å². The van der Waals surface area contributed by atoms with Crippen molar-refractivity contribution in [2.24, 2.45) is 0 Å². The fraction of sp³-hybridized carbons (Fsp3) is 0.545. The Morgan fingerprint density at radius 1 is 1.04 bits per heavy atom. The number of nitrogens with one attached hydrogen (secondary N) is 1. The Labute approximate surface area is 158 Å². The van der Waals surface area contributed by atoms with Gasteiger partial charge in [0.1, 0.15) is 5.82 Å². The predicted octanol–water partition coefficient (Wildman–Crippen LogP) is 5.33. The fourth-order valence-corrected chi connectivity index (χ4v) is 3.65. The second-order valence-electron chi connectivity index (χ2n) is 7.73. The second kappa shape index (κ2) is 9.02. The van der Waals surface area contributed by atoms with E-state index in [2.05, 4.69) is 67.4 Å². The first-order chi connectivity index (χ1) is 12.6. The molecule has 2 aromatic rings. The van der Waals surface area contributed by atoms with E-state index < -0.39 is 0 Å². The highest BCUT2D eigenvalue weighted by Gasteiger charge is 2.17. The minimum Gasteiger partial charge on any atom is -0.367 e. The minimum atomic E-state index is 0.336. The van der Waals surface area contributed by atoms with E-state index in [1.165, 1.54) is 44.1 Å². The van der Waals surface area contributed by atoms with Gasteiger partial charge in [-0.2, -0.15) is 4.98 Å². The second-order valence-corrected chi connectivity index (χ2v) is 7.73. The summed E-state index contributed by atoms with van der Waals surface area (Å²) in [7, 11) is 0. The quantitative estimate of drug-likeness (QED) is 0.713. The van der Waals surface area contributed by atoms with Gasteiger partial charge < -0.3 is 10.2 Å². The standard InChI is InChI=1S/C22H32N4/c1-17(2)26(16-19-11-7-6-8-12-19)22-23-18(3)15-21(25-22)24-20-13-9-4-5-10-14-20/h6-8,11-12,15,17,20H,4-5,9-10,13-14,16H2,1-3H3,(H,23,24,25). The lowest BCUT2D eigenvalue weighted by molar-refractivity contribution is 0.615. The molecule has 1 aliphatic rings. The molecule has 0 atom stereocenters. The van der Waals surface area contributed by atoms with Crippen LogP contribution in [0.1, 0.15) is 63.6 Å². The van der Waals surface area contributed by atoms with E-state index in [0.29, 0.717) is 12.1 Å². The zero-order valence-corrected chi connectivity index (χ0v) is 16.4. The van der Waals surface area contributed by atoms with Crippen molar-refractivity contribution in [2.75, 3.05) is 10.2 Å². The van der Waals surface area contributed by atoms with Crippen LogP contribution >= 0.6 is 0 Å². The van der Waals surface area contributed by atoms with Crippen LogP contribution in [0.15, 0.2) is 36.4 Å². The lowest BCUT2D eigenvalue weighted by Crippen LogP contribution is -2.32. The average molecular weight is 353 g/mol. The number of aromatic nitrogens is 2. The van der Waals surface area contributed by atoms with Crippen LogP contribution in [0.4, 0.5) is 11.8 Å². The van der Waals surface area contributed by atoms with E-state index in [9.17, 15) is 0 Å². The highest BCUT2D eigenvalue weighted by atomic mass is 15.3. The molecule has 0 bridgehead atoms. The largest absolute Gasteiger partial charge is 0.367 e. The Hall–Kier alpha value is -2.10. The van der Waals surface area contributed by atoms with Gasteiger partial charge in [0.15, 0.2) is 0 Å². The maximum Gasteiger partial charge on any atom is 0.228 e. The highest BCUT2D eigenvalue weighted by Crippen LogP contribution is 2.23. The minimum absolute atomic E-state index is 0.336. The summed E-state index contributed by atoms with van der Waals surface area (Å²) in [5.41, 5.74) is 2.30. The summed E-state index contributed by atoms with van der Waals surface area (Å²) in [6.45, 7) is 7.29. The molecule has 0 saturated heterocycles. The number of benzene rings is 1. The maximum atomic E-state index is 4.88. The first-order valence-electron chi connectivity index (χ1n) is 10.0. The van der Waals surface area contributed by atoms with Gasteiger partial charge in [-0.25, -0.2) is 4.98 Å². The van der Waals surface area contributed by atoms with Gasteiger partial charge in [0, 0.05) is 30.4 Å². The van der Waals surface area contributed by atoms with Gasteiger partial charge in [0.2, 0.25) is 5.95 Å². The summed E-state index contributed by atoms with van der Waals surface area (Å²) in [6, 6.07) is 13.5. The third kappa shape index (κ3) is 5.20. The Bertz CT molecular complexity index is 676. The van der Waals surface area contributed by atoms with E-state index in [1.54, 1.807) is 0 Å². The number of rotatable bonds is 6. The molecule has 1 aromatic carbocycles. The molecule has 1 saturated carbocycles. The number of anilines is 2. The third-order valence-electron chi connectivity index (χ3n) is 5.13. The van der Waals surface area contributed by atoms with E-state index in [4.69, 9.17) is 9.97 Å². The van der Waals surface area contributed by atoms with Crippen LogP contribution < -0.4 is 10.2 Å². The smallest absolute Gasteiger partial charge is 0.228 e. The topological polar surface area (TPSA) is 41.1 Å². The van der Waals surface area contributed by atoms with Crippen molar-refractivity contribution in [3.63, 3.8) is 0 Å². The zero-order chi connectivity index (χ0) is 18.4. The predicted molar refractivity (Wildman–Crippen MR) is 110 cm³/mol. The molecule has 0 spiro atoms. The molecule has 1 N–H and O–H groups in total. The summed E-state index contributed by atoms with van der Waals surface area (Å²) >= 11 is 0. The summed E-state index contributed by atoms with van der Waals surface area (Å²) in [6.07, 6.45) is 7.86. The average Bonchev–Trinajstić information content (AvgIpc) is 2.88. The van der Waals surface area contributed by atoms with Gasteiger partial charge >= 0.3 is 0 Å². The third-order valence-corrected chi connectivity index (χ3v) is 5.13. The summed E-state index contributed by atoms with van der Waals surface area (Å²) in [4.78, 5) is 11.9. The Morgan fingerprint density at radius 2 is 1.73 bits per heavy atom. The normalized spacial score (nSPS) is 15.7. The lowest BCUT2D eigenvalue weighted by atomic mass is 10.1. The van der Waals surface area contributed by atoms with Crippen molar-refractivity contribution < 1.29 is 0 Å². The Balaban J connectivity index is 1.79. The zero-order valence-electron chi connectivity index (χ0n) is 16.4. The molecular weight excluding hydrogens is 320 g/mol. The summed E-state index contributed by atoms with van der Waals surface area (Å²) in [5, 5.41) is 3.68. The molecule has 0 unspecified atom stereocenters. The van der Waals surface area contributed by atoms with Crippen molar-refractivity contribution in [1.29, 1.82) is 0 Å². The summed E-state index contributed by atoms with van der Waals surface area (Å²) < 4.78 is 0. The van der Waals surface area contributed by atoms with E-state index >= 15 is 0 Å². The fourth-order valence-electron chi connectivity index (χ4n) is 3.65. The molecule has 1 aromatic heterocycles. The maximum absolute atomic E-state index is 4.88. The number of hydrogen-bond donors (Lipinski definition) is 1. The van der Waals surface area contributed by atoms with Gasteiger partial charge in [-0.05, 0) is 39.2 Å². The monoisotopic (exact) mass is 352 g/mol. The lowest BCUT2D eigenvalue weighted by Gasteiger charge is -2.28. The number of hydrogen-bond acceptors (Lipinski definition) is 4. The molecule has 1 heterocycles. The molecule has 1 fully saturated rings. The molecule has 140 valence electrons. The molecule has 0 aliphatic heterocycles. The van der Waals surface area contributed by atoms with Gasteiger partial charge in [0.25, 0.3) is 0 Å². The number of nitrogens with zero attached hydrogens (tertiary/aromatic N) is 3. The highest BCUT2D eigenvalue weighted by molar-refractivity contribution is 5.45. The molecule has 4 heteroatoms. The van der Waals surface area contributed by atoms with E-state index in [0.717, 1.165) is 24.0 Å². The van der Waals surface area contributed by atoms with Crippen molar-refractivity contribution in [1.82, 2.24) is 9.97 Å². The van der Waals surface area contributed by atoms with Crippen molar-refractivity contribution >= 4 is 11.8 Å². The van der Waals surface area contributed by atoms with Crippen LogP contribution in [0.25, 0.3) is 0 Å². The van der Waals surface area contributed by atoms with Crippen LogP contribution in [0.5, 0.6) is 0 Å². The van der Waals surface area contributed by atoms with Gasteiger partial charge in [0.05, 0.1) is 0 Å². The van der Waals surface area contributed by atoms with Crippen molar-refractivity contribution in [2.45, 2.75) is 77.9 Å². The van der Waals surface area contributed by atoms with E-state index in [-0.39, 0.29) is 0 Å². The van der Waals surface area contributed by atoms with Crippen LogP contribution in [0.2, 0.25) is 0 Å². The van der Waals surface area contributed by atoms with Crippen LogP contribution in [-0.4, -0.2) is 22.1 Å². The SMILES string of the molecule is Cc1cc(NC2CCCCCC2)nc(N(Cc2ccccc2)C(C)C)n1. The van der Waals surface area contributed by atoms with Gasteiger partial charge in [-0.15, -0.1) is 0 Å². The number of aryl methyl sites for hydroxylation is 1. The molecule has 3 rings (SSSR count). The first-order valence-corrected chi connectivity index (χ1v) is 10.0. The van der Waals surface area contributed by atoms with Crippen molar-refractivity contribution in [3.8, 4) is 0 Å². The molecule has 26 heavy (non-hydrogen) atoms. The molecule has 1 aliphatic carbocycles. The molecular formula is C22H32N4. The van der Waals surface area contributed by atoms with Gasteiger partial charge in [-0.3, -0.25) is 0 Å². The molecule has 0 radical (unpaired) electrons.